The van der Waals surface area contributed by atoms with Crippen LogP contribution in [-0.4, -0.2) is 35.4 Å². The Hall–Kier alpha value is -2.34. The highest BCUT2D eigenvalue weighted by Gasteiger charge is 2.27. The van der Waals surface area contributed by atoms with Crippen molar-refractivity contribution in [2.75, 3.05) is 6.61 Å². The van der Waals surface area contributed by atoms with Crippen LogP contribution in [0.5, 0.6) is 5.75 Å². The second kappa shape index (κ2) is 10.4. The van der Waals surface area contributed by atoms with E-state index in [-0.39, 0.29) is 24.5 Å². The number of ether oxygens (including phenoxy) is 1. The number of aryl methyl sites for hydroxylation is 2. The van der Waals surface area contributed by atoms with E-state index in [1.165, 1.54) is 0 Å². The molecule has 2 amide bonds. The van der Waals surface area contributed by atoms with E-state index >= 15 is 0 Å². The largest absolute Gasteiger partial charge is 0.483 e. The molecular weight excluding hydrogens is 432 g/mol. The van der Waals surface area contributed by atoms with Crippen molar-refractivity contribution in [3.05, 3.63) is 63.6 Å². The van der Waals surface area contributed by atoms with Crippen LogP contribution in [0.25, 0.3) is 0 Å². The van der Waals surface area contributed by atoms with Gasteiger partial charge in [-0.3, -0.25) is 9.59 Å². The number of carbonyl (C=O) groups excluding carboxylic acids is 2. The van der Waals surface area contributed by atoms with E-state index in [1.807, 2.05) is 70.2 Å². The number of carbonyl (C=O) groups is 2. The summed E-state index contributed by atoms with van der Waals surface area (Å²) in [6.45, 7) is 9.65. The van der Waals surface area contributed by atoms with Crippen LogP contribution in [0.4, 0.5) is 0 Å². The van der Waals surface area contributed by atoms with Crippen LogP contribution in [0, 0.1) is 13.8 Å². The van der Waals surface area contributed by atoms with Crippen molar-refractivity contribution >= 4 is 27.7 Å². The maximum Gasteiger partial charge on any atom is 0.261 e. The van der Waals surface area contributed by atoms with Gasteiger partial charge in [-0.2, -0.15) is 0 Å². The Balaban J connectivity index is 2.19. The molecule has 0 saturated carbocycles. The molecule has 0 spiro atoms. The standard InChI is InChI=1S/C23H29BrN2O3/c1-15(2)25-23(28)18(5)26(13-19-7-6-8-20(24)12-19)22(27)14-29-21-11-16(3)9-10-17(21)4/h6-12,15,18H,13-14H2,1-5H3,(H,25,28). The van der Waals surface area contributed by atoms with Crippen LogP contribution in [0.15, 0.2) is 46.9 Å². The summed E-state index contributed by atoms with van der Waals surface area (Å²) in [6, 6.07) is 13.0. The van der Waals surface area contributed by atoms with Crippen LogP contribution < -0.4 is 10.1 Å². The van der Waals surface area contributed by atoms with Gasteiger partial charge in [0.15, 0.2) is 6.61 Å². The van der Waals surface area contributed by atoms with Crippen LogP contribution in [-0.2, 0) is 16.1 Å². The van der Waals surface area contributed by atoms with Crippen LogP contribution in [0.3, 0.4) is 0 Å². The molecule has 2 aromatic rings. The van der Waals surface area contributed by atoms with Gasteiger partial charge in [-0.1, -0.05) is 40.2 Å². The second-order valence-electron chi connectivity index (χ2n) is 7.55. The predicted octanol–water partition coefficient (Wildman–Crippen LogP) is 4.39. The van der Waals surface area contributed by atoms with E-state index in [0.29, 0.717) is 12.3 Å². The first-order chi connectivity index (χ1) is 13.7. The first-order valence-electron chi connectivity index (χ1n) is 9.71. The number of hydrogen-bond acceptors (Lipinski definition) is 3. The van der Waals surface area contributed by atoms with Gasteiger partial charge < -0.3 is 15.0 Å². The molecule has 5 nitrogen and oxygen atoms in total. The molecule has 0 aliphatic rings. The highest BCUT2D eigenvalue weighted by Crippen LogP contribution is 2.20. The molecule has 0 bridgehead atoms. The van der Waals surface area contributed by atoms with Crippen LogP contribution in [0.1, 0.15) is 37.5 Å². The summed E-state index contributed by atoms with van der Waals surface area (Å²) in [5.74, 6) is 0.257. The summed E-state index contributed by atoms with van der Waals surface area (Å²) in [6.07, 6.45) is 0. The fraction of sp³-hybridized carbons (Fsp3) is 0.391. The van der Waals surface area contributed by atoms with E-state index in [2.05, 4.69) is 21.2 Å². The number of halogens is 1. The maximum atomic E-state index is 13.0. The summed E-state index contributed by atoms with van der Waals surface area (Å²) in [5.41, 5.74) is 2.96. The molecule has 6 heteroatoms. The first-order valence-corrected chi connectivity index (χ1v) is 10.5. The average molecular weight is 461 g/mol. The highest BCUT2D eigenvalue weighted by atomic mass is 79.9. The summed E-state index contributed by atoms with van der Waals surface area (Å²) >= 11 is 3.46. The third-order valence-electron chi connectivity index (χ3n) is 4.53. The zero-order valence-electron chi connectivity index (χ0n) is 17.7. The molecule has 0 saturated heterocycles. The normalized spacial score (nSPS) is 11.8. The minimum absolute atomic E-state index is 0.000958. The van der Waals surface area contributed by atoms with Gasteiger partial charge in [0, 0.05) is 17.1 Å². The molecule has 0 aliphatic heterocycles. The lowest BCUT2D eigenvalue weighted by molar-refractivity contribution is -0.142. The van der Waals surface area contributed by atoms with Crippen molar-refractivity contribution < 1.29 is 14.3 Å². The van der Waals surface area contributed by atoms with E-state index in [1.54, 1.807) is 11.8 Å². The van der Waals surface area contributed by atoms with Gasteiger partial charge >= 0.3 is 0 Å². The summed E-state index contributed by atoms with van der Waals surface area (Å²) in [5, 5.41) is 2.88. The average Bonchev–Trinajstić information content (AvgIpc) is 2.65. The molecule has 0 fully saturated rings. The zero-order valence-corrected chi connectivity index (χ0v) is 19.2. The molecule has 0 aromatic heterocycles. The van der Waals surface area contributed by atoms with Crippen molar-refractivity contribution in [2.45, 2.75) is 53.2 Å². The van der Waals surface area contributed by atoms with Crippen molar-refractivity contribution in [3.8, 4) is 5.75 Å². The zero-order chi connectivity index (χ0) is 21.6. The maximum absolute atomic E-state index is 13.0. The van der Waals surface area contributed by atoms with Gasteiger partial charge in [0.25, 0.3) is 5.91 Å². The monoisotopic (exact) mass is 460 g/mol. The summed E-state index contributed by atoms with van der Waals surface area (Å²) in [4.78, 5) is 27.2. The van der Waals surface area contributed by atoms with Crippen LogP contribution >= 0.6 is 15.9 Å². The minimum Gasteiger partial charge on any atom is -0.483 e. The molecule has 29 heavy (non-hydrogen) atoms. The van der Waals surface area contributed by atoms with E-state index in [4.69, 9.17) is 4.74 Å². The number of amides is 2. The number of rotatable bonds is 8. The fourth-order valence-corrected chi connectivity index (χ4v) is 3.35. The molecule has 0 aliphatic carbocycles. The second-order valence-corrected chi connectivity index (χ2v) is 8.46. The third kappa shape index (κ3) is 6.89. The van der Waals surface area contributed by atoms with E-state index in [0.717, 1.165) is 21.2 Å². The smallest absolute Gasteiger partial charge is 0.261 e. The third-order valence-corrected chi connectivity index (χ3v) is 5.03. The molecule has 156 valence electrons. The van der Waals surface area contributed by atoms with Crippen LogP contribution in [0.2, 0.25) is 0 Å². The topological polar surface area (TPSA) is 58.6 Å². The van der Waals surface area contributed by atoms with Gasteiger partial charge in [0.2, 0.25) is 5.91 Å². The van der Waals surface area contributed by atoms with Gasteiger partial charge in [-0.25, -0.2) is 0 Å². The Morgan fingerprint density at radius 3 is 2.48 bits per heavy atom. The Labute approximate surface area is 181 Å². The molecule has 0 radical (unpaired) electrons. The molecule has 1 atom stereocenters. The summed E-state index contributed by atoms with van der Waals surface area (Å²) < 4.78 is 6.73. The Kier molecular flexibility index (Phi) is 8.26. The first kappa shape index (κ1) is 22.9. The van der Waals surface area contributed by atoms with Gasteiger partial charge in [0.05, 0.1) is 0 Å². The Morgan fingerprint density at radius 2 is 1.83 bits per heavy atom. The number of hydrogen-bond donors (Lipinski definition) is 1. The molecular formula is C23H29BrN2O3. The lowest BCUT2D eigenvalue weighted by Gasteiger charge is -2.29. The van der Waals surface area contributed by atoms with Gasteiger partial charge in [0.1, 0.15) is 11.8 Å². The fourth-order valence-electron chi connectivity index (χ4n) is 2.90. The Bertz CT molecular complexity index is 867. The Morgan fingerprint density at radius 1 is 1.10 bits per heavy atom. The summed E-state index contributed by atoms with van der Waals surface area (Å²) in [7, 11) is 0. The molecule has 2 aromatic carbocycles. The van der Waals surface area contributed by atoms with Gasteiger partial charge in [-0.05, 0) is 69.5 Å². The lowest BCUT2D eigenvalue weighted by atomic mass is 10.1. The van der Waals surface area contributed by atoms with Crippen molar-refractivity contribution in [2.24, 2.45) is 0 Å². The number of nitrogens with one attached hydrogen (secondary N) is 1. The lowest BCUT2D eigenvalue weighted by Crippen LogP contribution is -2.50. The number of benzene rings is 2. The SMILES string of the molecule is Cc1ccc(C)c(OCC(=O)N(Cc2cccc(Br)c2)C(C)C(=O)NC(C)C)c1. The van der Waals surface area contributed by atoms with Crippen molar-refractivity contribution in [1.82, 2.24) is 10.2 Å². The molecule has 1 unspecified atom stereocenters. The minimum atomic E-state index is -0.619. The van der Waals surface area contributed by atoms with E-state index in [9.17, 15) is 9.59 Å². The van der Waals surface area contributed by atoms with Gasteiger partial charge in [-0.15, -0.1) is 0 Å². The highest BCUT2D eigenvalue weighted by molar-refractivity contribution is 9.10. The molecule has 0 heterocycles. The van der Waals surface area contributed by atoms with Crippen molar-refractivity contribution in [3.63, 3.8) is 0 Å². The molecule has 1 N–H and O–H groups in total. The molecule has 2 rings (SSSR count). The number of nitrogens with zero attached hydrogens (tertiary/aromatic N) is 1. The quantitative estimate of drug-likeness (QED) is 0.635. The van der Waals surface area contributed by atoms with Crippen molar-refractivity contribution in [1.29, 1.82) is 0 Å². The predicted molar refractivity (Wildman–Crippen MR) is 119 cm³/mol. The van der Waals surface area contributed by atoms with E-state index < -0.39 is 6.04 Å².